The first-order valence-corrected chi connectivity index (χ1v) is 6.89. The van der Waals surface area contributed by atoms with Crippen molar-refractivity contribution in [2.75, 3.05) is 6.26 Å². The second-order valence-corrected chi connectivity index (χ2v) is 6.21. The highest BCUT2D eigenvalue weighted by atomic mass is 32.2. The van der Waals surface area contributed by atoms with E-state index >= 15 is 0 Å². The van der Waals surface area contributed by atoms with E-state index < -0.39 is 21.7 Å². The molecule has 0 aromatic heterocycles. The lowest BCUT2D eigenvalue weighted by atomic mass is 10.0. The lowest BCUT2D eigenvalue weighted by Crippen LogP contribution is -2.16. The summed E-state index contributed by atoms with van der Waals surface area (Å²) in [6.07, 6.45) is 2.14. The predicted molar refractivity (Wildman–Crippen MR) is 56.2 cm³/mol. The standard InChI is InChI=1S/C11H12F2O2S/c1-16(14,15)10-6-4-9(5-7-10)11(12,13)8-2-3-8/h4-8H,2-3H2,1H3. The predicted octanol–water partition coefficient (Wildman–Crippen LogP) is 2.59. The normalized spacial score (nSPS) is 17.4. The first-order valence-electron chi connectivity index (χ1n) is 5.00. The zero-order valence-electron chi connectivity index (χ0n) is 8.78. The minimum Gasteiger partial charge on any atom is -0.224 e. The summed E-state index contributed by atoms with van der Waals surface area (Å²) in [6.45, 7) is 0. The van der Waals surface area contributed by atoms with Crippen LogP contribution in [0.5, 0.6) is 0 Å². The molecular formula is C11H12F2O2S. The van der Waals surface area contributed by atoms with E-state index in [2.05, 4.69) is 0 Å². The van der Waals surface area contributed by atoms with Crippen LogP contribution in [0.4, 0.5) is 8.78 Å². The molecule has 2 nitrogen and oxygen atoms in total. The van der Waals surface area contributed by atoms with Crippen LogP contribution in [-0.2, 0) is 15.8 Å². The third-order valence-electron chi connectivity index (χ3n) is 2.76. The number of benzene rings is 1. The van der Waals surface area contributed by atoms with Gasteiger partial charge in [0.1, 0.15) is 0 Å². The molecule has 1 fully saturated rings. The van der Waals surface area contributed by atoms with Crippen molar-refractivity contribution in [3.05, 3.63) is 29.8 Å². The van der Waals surface area contributed by atoms with Gasteiger partial charge in [0.05, 0.1) is 4.90 Å². The van der Waals surface area contributed by atoms with Crippen LogP contribution in [0.1, 0.15) is 18.4 Å². The maximum absolute atomic E-state index is 13.6. The third kappa shape index (κ3) is 2.09. The maximum atomic E-state index is 13.6. The largest absolute Gasteiger partial charge is 0.276 e. The van der Waals surface area contributed by atoms with Crippen molar-refractivity contribution in [1.82, 2.24) is 0 Å². The van der Waals surface area contributed by atoms with Gasteiger partial charge >= 0.3 is 0 Å². The number of hydrogen-bond donors (Lipinski definition) is 0. The molecule has 2 rings (SSSR count). The summed E-state index contributed by atoms with van der Waals surface area (Å²) >= 11 is 0. The minimum atomic E-state index is -3.31. The molecule has 1 aromatic carbocycles. The van der Waals surface area contributed by atoms with Crippen molar-refractivity contribution in [2.45, 2.75) is 23.7 Å². The fourth-order valence-corrected chi connectivity index (χ4v) is 2.24. The zero-order valence-corrected chi connectivity index (χ0v) is 9.60. The molecule has 88 valence electrons. The number of halogens is 2. The van der Waals surface area contributed by atoms with Gasteiger partial charge in [-0.2, -0.15) is 0 Å². The molecule has 0 aliphatic heterocycles. The van der Waals surface area contributed by atoms with E-state index in [1.54, 1.807) is 0 Å². The average molecular weight is 246 g/mol. The van der Waals surface area contributed by atoms with Gasteiger partial charge in [0.25, 0.3) is 5.92 Å². The van der Waals surface area contributed by atoms with Crippen molar-refractivity contribution < 1.29 is 17.2 Å². The van der Waals surface area contributed by atoms with Gasteiger partial charge in [0.2, 0.25) is 0 Å². The number of sulfone groups is 1. The van der Waals surface area contributed by atoms with E-state index in [0.29, 0.717) is 12.8 Å². The minimum absolute atomic E-state index is 0.0721. The second kappa shape index (κ2) is 3.52. The van der Waals surface area contributed by atoms with Gasteiger partial charge in [-0.15, -0.1) is 0 Å². The van der Waals surface area contributed by atoms with Crippen molar-refractivity contribution in [2.24, 2.45) is 5.92 Å². The Kier molecular flexibility index (Phi) is 2.53. The SMILES string of the molecule is CS(=O)(=O)c1ccc(C(F)(F)C2CC2)cc1. The van der Waals surface area contributed by atoms with Crippen LogP contribution in [0.3, 0.4) is 0 Å². The smallest absolute Gasteiger partial charge is 0.224 e. The van der Waals surface area contributed by atoms with Gasteiger partial charge < -0.3 is 0 Å². The van der Waals surface area contributed by atoms with E-state index in [0.717, 1.165) is 6.26 Å². The molecule has 0 spiro atoms. The van der Waals surface area contributed by atoms with E-state index in [9.17, 15) is 17.2 Å². The molecule has 0 bridgehead atoms. The van der Waals surface area contributed by atoms with Crippen LogP contribution in [0.25, 0.3) is 0 Å². The molecule has 0 amide bonds. The molecule has 1 aliphatic rings. The molecule has 0 atom stereocenters. The zero-order chi connectivity index (χ0) is 12.0. The lowest BCUT2D eigenvalue weighted by Gasteiger charge is -2.15. The van der Waals surface area contributed by atoms with Gasteiger partial charge in [-0.3, -0.25) is 0 Å². The number of hydrogen-bond acceptors (Lipinski definition) is 2. The van der Waals surface area contributed by atoms with Gasteiger partial charge in [-0.1, -0.05) is 12.1 Å². The number of rotatable bonds is 3. The van der Waals surface area contributed by atoms with Crippen molar-refractivity contribution in [1.29, 1.82) is 0 Å². The molecule has 1 aliphatic carbocycles. The Labute approximate surface area is 93.2 Å². The molecule has 0 N–H and O–H groups in total. The van der Waals surface area contributed by atoms with E-state index in [1.165, 1.54) is 24.3 Å². The third-order valence-corrected chi connectivity index (χ3v) is 3.89. The summed E-state index contributed by atoms with van der Waals surface area (Å²) in [5, 5.41) is 0. The van der Waals surface area contributed by atoms with Crippen LogP contribution in [-0.4, -0.2) is 14.7 Å². The Morgan fingerprint density at radius 2 is 1.69 bits per heavy atom. The van der Waals surface area contributed by atoms with E-state index in [4.69, 9.17) is 0 Å². The van der Waals surface area contributed by atoms with Crippen molar-refractivity contribution in [3.63, 3.8) is 0 Å². The van der Waals surface area contributed by atoms with Crippen LogP contribution >= 0.6 is 0 Å². The highest BCUT2D eigenvalue weighted by Gasteiger charge is 2.47. The molecule has 5 heteroatoms. The Morgan fingerprint density at radius 1 is 1.19 bits per heavy atom. The molecule has 16 heavy (non-hydrogen) atoms. The Bertz CT molecular complexity index is 487. The summed E-state index contributed by atoms with van der Waals surface area (Å²) < 4.78 is 49.5. The highest BCUT2D eigenvalue weighted by molar-refractivity contribution is 7.90. The van der Waals surface area contributed by atoms with Crippen LogP contribution in [0, 0.1) is 5.92 Å². The molecule has 0 unspecified atom stereocenters. The Balaban J connectivity index is 2.32. The fraction of sp³-hybridized carbons (Fsp3) is 0.455. The van der Waals surface area contributed by atoms with Gasteiger partial charge in [0, 0.05) is 17.7 Å². The highest BCUT2D eigenvalue weighted by Crippen LogP contribution is 2.49. The summed E-state index contributed by atoms with van der Waals surface area (Å²) in [6, 6.07) is 4.88. The second-order valence-electron chi connectivity index (χ2n) is 4.19. The monoisotopic (exact) mass is 246 g/mol. The summed E-state index contributed by atoms with van der Waals surface area (Å²) in [5.74, 6) is -3.40. The first kappa shape index (κ1) is 11.5. The van der Waals surface area contributed by atoms with Crippen LogP contribution < -0.4 is 0 Å². The maximum Gasteiger partial charge on any atom is 0.276 e. The molecule has 0 saturated heterocycles. The van der Waals surface area contributed by atoms with Crippen molar-refractivity contribution in [3.8, 4) is 0 Å². The quantitative estimate of drug-likeness (QED) is 0.821. The lowest BCUT2D eigenvalue weighted by molar-refractivity contribution is -0.0286. The summed E-state index contributed by atoms with van der Waals surface area (Å²) in [7, 11) is -3.31. The topological polar surface area (TPSA) is 34.1 Å². The Morgan fingerprint density at radius 3 is 2.06 bits per heavy atom. The number of alkyl halides is 2. The molecule has 0 heterocycles. The van der Waals surface area contributed by atoms with Crippen LogP contribution in [0.2, 0.25) is 0 Å². The van der Waals surface area contributed by atoms with Crippen molar-refractivity contribution >= 4 is 9.84 Å². The first-order chi connectivity index (χ1) is 7.32. The van der Waals surface area contributed by atoms with E-state index in [-0.39, 0.29) is 10.5 Å². The summed E-state index contributed by atoms with van der Waals surface area (Å²) in [4.78, 5) is 0.0721. The molecule has 1 saturated carbocycles. The Hall–Kier alpha value is -0.970. The van der Waals surface area contributed by atoms with E-state index in [1.807, 2.05) is 0 Å². The summed E-state index contributed by atoms with van der Waals surface area (Å²) in [5.41, 5.74) is -0.0950. The van der Waals surface area contributed by atoms with Gasteiger partial charge in [-0.05, 0) is 25.0 Å². The fourth-order valence-electron chi connectivity index (χ4n) is 1.61. The molecule has 1 aromatic rings. The van der Waals surface area contributed by atoms with Crippen LogP contribution in [0.15, 0.2) is 29.2 Å². The van der Waals surface area contributed by atoms with Gasteiger partial charge in [-0.25, -0.2) is 17.2 Å². The molecular weight excluding hydrogens is 234 g/mol. The molecule has 0 radical (unpaired) electrons. The average Bonchev–Trinajstić information content (AvgIpc) is 3.00. The van der Waals surface area contributed by atoms with Gasteiger partial charge in [0.15, 0.2) is 9.84 Å².